The van der Waals surface area contributed by atoms with Gasteiger partial charge in [0.25, 0.3) is 0 Å². The predicted molar refractivity (Wildman–Crippen MR) is 43.1 cm³/mol. The Labute approximate surface area is 67.2 Å². The summed E-state index contributed by atoms with van der Waals surface area (Å²) in [4.78, 5) is 11.4. The third kappa shape index (κ3) is 1.30. The third-order valence-corrected chi connectivity index (χ3v) is 2.38. The summed E-state index contributed by atoms with van der Waals surface area (Å²) in [6.45, 7) is 7.50. The quantitative estimate of drug-likeness (QED) is 0.532. The molecule has 11 heavy (non-hydrogen) atoms. The number of allylic oxidation sites excluding steroid dienone is 2. The second-order valence-electron chi connectivity index (χ2n) is 3.16. The first-order chi connectivity index (χ1) is 5.04. The van der Waals surface area contributed by atoms with Crippen LogP contribution in [0, 0.1) is 5.92 Å². The van der Waals surface area contributed by atoms with Gasteiger partial charge >= 0.3 is 0 Å². The van der Waals surface area contributed by atoms with Crippen molar-refractivity contribution in [3.63, 3.8) is 0 Å². The van der Waals surface area contributed by atoms with E-state index in [1.54, 1.807) is 0 Å². The lowest BCUT2D eigenvalue weighted by molar-refractivity contribution is -0.124. The van der Waals surface area contributed by atoms with Gasteiger partial charge in [-0.15, -0.1) is 0 Å². The summed E-state index contributed by atoms with van der Waals surface area (Å²) >= 11 is 0. The lowest BCUT2D eigenvalue weighted by atomic mass is 9.93. The normalized spacial score (nSPS) is 32.2. The van der Waals surface area contributed by atoms with E-state index < -0.39 is 0 Å². The Kier molecular flexibility index (Phi) is 2.03. The number of ether oxygens (including phenoxy) is 1. The summed E-state index contributed by atoms with van der Waals surface area (Å²) in [5.41, 5.74) is 0.774. The summed E-state index contributed by atoms with van der Waals surface area (Å²) in [5, 5.41) is 0. The minimum atomic E-state index is 0.0127. The Morgan fingerprint density at radius 1 is 1.27 bits per heavy atom. The zero-order valence-electron chi connectivity index (χ0n) is 7.47. The molecule has 62 valence electrons. The highest BCUT2D eigenvalue weighted by Gasteiger charge is 2.28. The van der Waals surface area contributed by atoms with Gasteiger partial charge in [-0.3, -0.25) is 4.79 Å². The van der Waals surface area contributed by atoms with Crippen molar-refractivity contribution in [1.29, 1.82) is 0 Å². The second-order valence-corrected chi connectivity index (χ2v) is 3.16. The molecule has 0 spiro atoms. The smallest absolute Gasteiger partial charge is 0.168 e. The van der Waals surface area contributed by atoms with Crippen LogP contribution in [-0.2, 0) is 9.53 Å². The Morgan fingerprint density at radius 3 is 2.36 bits per heavy atom. The Balaban J connectivity index is 2.95. The number of Topliss-reactive ketones (excluding diaryl/α,β-unsaturated/α-hetero) is 1. The van der Waals surface area contributed by atoms with Crippen molar-refractivity contribution in [2.45, 2.75) is 33.8 Å². The Bertz CT molecular complexity index is 216. The van der Waals surface area contributed by atoms with Gasteiger partial charge in [-0.25, -0.2) is 0 Å². The highest BCUT2D eigenvalue weighted by atomic mass is 16.5. The molecule has 2 unspecified atom stereocenters. The van der Waals surface area contributed by atoms with E-state index in [1.807, 2.05) is 27.7 Å². The molecule has 0 N–H and O–H groups in total. The molecule has 0 aliphatic carbocycles. The van der Waals surface area contributed by atoms with Crippen molar-refractivity contribution in [2.24, 2.45) is 5.92 Å². The Hall–Kier alpha value is -0.790. The molecule has 1 aliphatic rings. The first-order valence-electron chi connectivity index (χ1n) is 3.92. The summed E-state index contributed by atoms with van der Waals surface area (Å²) in [7, 11) is 0. The van der Waals surface area contributed by atoms with Crippen LogP contribution in [-0.4, -0.2) is 11.9 Å². The summed E-state index contributed by atoms with van der Waals surface area (Å²) in [5.74, 6) is 1.01. The zero-order valence-corrected chi connectivity index (χ0v) is 7.47. The van der Waals surface area contributed by atoms with E-state index in [2.05, 4.69) is 0 Å². The number of carbonyl (C=O) groups excluding carboxylic acids is 1. The molecule has 0 aromatic carbocycles. The van der Waals surface area contributed by atoms with Crippen LogP contribution in [0.2, 0.25) is 0 Å². The molecule has 1 heterocycles. The molecule has 1 rings (SSSR count). The van der Waals surface area contributed by atoms with E-state index >= 15 is 0 Å². The first kappa shape index (κ1) is 8.31. The average molecular weight is 154 g/mol. The first-order valence-corrected chi connectivity index (χ1v) is 3.92. The maximum atomic E-state index is 11.4. The number of hydrogen-bond acceptors (Lipinski definition) is 2. The third-order valence-electron chi connectivity index (χ3n) is 2.38. The molecular weight excluding hydrogens is 140 g/mol. The molecule has 0 bridgehead atoms. The molecule has 0 saturated carbocycles. The summed E-state index contributed by atoms with van der Waals surface area (Å²) in [6, 6.07) is 0. The topological polar surface area (TPSA) is 26.3 Å². The van der Waals surface area contributed by atoms with Crippen LogP contribution in [0.25, 0.3) is 0 Å². The minimum Gasteiger partial charge on any atom is -0.494 e. The fraction of sp³-hybridized carbons (Fsp3) is 0.667. The fourth-order valence-corrected chi connectivity index (χ4v) is 1.20. The molecule has 0 amide bonds. The maximum Gasteiger partial charge on any atom is 0.168 e. The van der Waals surface area contributed by atoms with E-state index in [1.165, 1.54) is 0 Å². The molecular formula is C9H14O2. The fourth-order valence-electron chi connectivity index (χ4n) is 1.20. The minimum absolute atomic E-state index is 0.0127. The monoisotopic (exact) mass is 154 g/mol. The Morgan fingerprint density at radius 2 is 1.82 bits per heavy atom. The van der Waals surface area contributed by atoms with Crippen LogP contribution < -0.4 is 0 Å². The second kappa shape index (κ2) is 2.68. The van der Waals surface area contributed by atoms with Crippen molar-refractivity contribution in [3.8, 4) is 0 Å². The van der Waals surface area contributed by atoms with Crippen molar-refractivity contribution >= 4 is 5.78 Å². The van der Waals surface area contributed by atoms with Crippen LogP contribution in [0.3, 0.4) is 0 Å². The van der Waals surface area contributed by atoms with Crippen LogP contribution >= 0.6 is 0 Å². The van der Waals surface area contributed by atoms with Gasteiger partial charge in [0.2, 0.25) is 0 Å². The van der Waals surface area contributed by atoms with Crippen LogP contribution in [0.15, 0.2) is 11.3 Å². The summed E-state index contributed by atoms with van der Waals surface area (Å²) < 4.78 is 5.44. The predicted octanol–water partition coefficient (Wildman–Crippen LogP) is 1.90. The van der Waals surface area contributed by atoms with Crippen molar-refractivity contribution < 1.29 is 9.53 Å². The van der Waals surface area contributed by atoms with Gasteiger partial charge in [-0.05, 0) is 20.8 Å². The van der Waals surface area contributed by atoms with Gasteiger partial charge in [0, 0.05) is 5.57 Å². The van der Waals surface area contributed by atoms with E-state index in [0.29, 0.717) is 0 Å². The number of rotatable bonds is 0. The largest absolute Gasteiger partial charge is 0.494 e. The van der Waals surface area contributed by atoms with Crippen molar-refractivity contribution in [2.75, 3.05) is 0 Å². The standard InChI is InChI=1S/C9H14O2/c1-5-7(3)11-8(4)6(2)9(5)10/h5,7H,1-4H3. The van der Waals surface area contributed by atoms with Crippen LogP contribution in [0.4, 0.5) is 0 Å². The molecule has 2 nitrogen and oxygen atoms in total. The lowest BCUT2D eigenvalue weighted by Crippen LogP contribution is -2.31. The maximum absolute atomic E-state index is 11.4. The molecule has 2 heteroatoms. The zero-order chi connectivity index (χ0) is 8.59. The molecule has 0 saturated heterocycles. The highest BCUT2D eigenvalue weighted by Crippen LogP contribution is 2.24. The van der Waals surface area contributed by atoms with E-state index in [9.17, 15) is 4.79 Å². The summed E-state index contributed by atoms with van der Waals surface area (Å²) in [6.07, 6.45) is 0.0335. The molecule has 1 aliphatic heterocycles. The van der Waals surface area contributed by atoms with E-state index in [4.69, 9.17) is 4.74 Å². The molecule has 0 fully saturated rings. The van der Waals surface area contributed by atoms with Crippen LogP contribution in [0.1, 0.15) is 27.7 Å². The molecule has 0 aromatic rings. The van der Waals surface area contributed by atoms with Gasteiger partial charge in [0.05, 0.1) is 11.7 Å². The van der Waals surface area contributed by atoms with E-state index in [-0.39, 0.29) is 17.8 Å². The SMILES string of the molecule is CC1=C(C)C(=O)C(C)C(C)O1. The lowest BCUT2D eigenvalue weighted by Gasteiger charge is -2.27. The van der Waals surface area contributed by atoms with Crippen molar-refractivity contribution in [1.82, 2.24) is 0 Å². The molecule has 2 atom stereocenters. The molecule has 0 radical (unpaired) electrons. The number of carbonyl (C=O) groups is 1. The number of hydrogen-bond donors (Lipinski definition) is 0. The van der Waals surface area contributed by atoms with Crippen LogP contribution in [0.5, 0.6) is 0 Å². The van der Waals surface area contributed by atoms with E-state index in [0.717, 1.165) is 11.3 Å². The van der Waals surface area contributed by atoms with Gasteiger partial charge in [-0.2, -0.15) is 0 Å². The molecule has 0 aromatic heterocycles. The van der Waals surface area contributed by atoms with Gasteiger partial charge in [0.15, 0.2) is 5.78 Å². The van der Waals surface area contributed by atoms with Gasteiger partial charge < -0.3 is 4.74 Å². The highest BCUT2D eigenvalue weighted by molar-refractivity contribution is 5.97. The number of ketones is 1. The average Bonchev–Trinajstić information content (AvgIpc) is 1.97. The van der Waals surface area contributed by atoms with Gasteiger partial charge in [-0.1, -0.05) is 6.92 Å². The van der Waals surface area contributed by atoms with Gasteiger partial charge in [0.1, 0.15) is 6.10 Å². The van der Waals surface area contributed by atoms with Crippen molar-refractivity contribution in [3.05, 3.63) is 11.3 Å².